The van der Waals surface area contributed by atoms with Gasteiger partial charge in [-0.3, -0.25) is 0 Å². The van der Waals surface area contributed by atoms with Crippen LogP contribution in [0.25, 0.3) is 32.0 Å². The van der Waals surface area contributed by atoms with Gasteiger partial charge in [-0.25, -0.2) is 9.97 Å². The minimum Gasteiger partial charge on any atom is -0.227 e. The normalized spacial score (nSPS) is 13.3. The molecule has 0 atom stereocenters. The van der Waals surface area contributed by atoms with Crippen molar-refractivity contribution in [3.63, 3.8) is 0 Å². The van der Waals surface area contributed by atoms with Gasteiger partial charge in [-0.1, -0.05) is 59.6 Å². The molecule has 5 heteroatoms. The molecule has 0 spiro atoms. The van der Waals surface area contributed by atoms with Gasteiger partial charge in [-0.15, -0.1) is 23.1 Å². The molecule has 1 aliphatic rings. The first-order valence-corrected chi connectivity index (χ1v) is 10.7. The number of aryl methyl sites for hydroxylation is 1. The number of rotatable bonds is 1. The van der Waals surface area contributed by atoms with Gasteiger partial charge in [0.25, 0.3) is 0 Å². The number of thiophene rings is 1. The van der Waals surface area contributed by atoms with E-state index >= 15 is 0 Å². The third-order valence-electron chi connectivity index (χ3n) is 4.63. The van der Waals surface area contributed by atoms with E-state index in [0.717, 1.165) is 29.0 Å². The molecule has 0 fully saturated rings. The number of nitrogens with zero attached hydrogens (tertiary/aromatic N) is 2. The summed E-state index contributed by atoms with van der Waals surface area (Å²) in [5.41, 5.74) is 4.29. The summed E-state index contributed by atoms with van der Waals surface area (Å²) in [6.45, 7) is 2.08. The molecular weight excluding hydrogens is 380 g/mol. The van der Waals surface area contributed by atoms with Crippen molar-refractivity contribution in [1.82, 2.24) is 9.97 Å². The topological polar surface area (TPSA) is 25.8 Å². The first-order valence-electron chi connectivity index (χ1n) is 8.49. The molecule has 128 valence electrons. The van der Waals surface area contributed by atoms with E-state index in [4.69, 9.17) is 16.6 Å². The standard InChI is InChI=1S/C21H15ClN2S2/c1-12-6-8-13(9-7-12)21-23-17-15(20(22)24-21)10-11-25-18-14-4-2-3-5-16(14)26-19(17)18/h2-9H,10-11H2,1H3. The zero-order valence-corrected chi connectivity index (χ0v) is 16.5. The fourth-order valence-electron chi connectivity index (χ4n) is 3.27. The highest BCUT2D eigenvalue weighted by Crippen LogP contribution is 2.48. The molecule has 0 radical (unpaired) electrons. The minimum absolute atomic E-state index is 0.580. The largest absolute Gasteiger partial charge is 0.227 e. The lowest BCUT2D eigenvalue weighted by atomic mass is 10.1. The van der Waals surface area contributed by atoms with Crippen LogP contribution >= 0.6 is 34.7 Å². The Kier molecular flexibility index (Phi) is 4.00. The van der Waals surface area contributed by atoms with Gasteiger partial charge in [0.15, 0.2) is 5.82 Å². The molecule has 5 rings (SSSR count). The monoisotopic (exact) mass is 394 g/mol. The molecule has 3 heterocycles. The first kappa shape index (κ1) is 16.3. The molecule has 0 bridgehead atoms. The Morgan fingerprint density at radius 2 is 1.81 bits per heavy atom. The van der Waals surface area contributed by atoms with Gasteiger partial charge in [0.2, 0.25) is 0 Å². The van der Waals surface area contributed by atoms with Crippen LogP contribution in [0.5, 0.6) is 0 Å². The summed E-state index contributed by atoms with van der Waals surface area (Å²) in [6.07, 6.45) is 0.892. The summed E-state index contributed by atoms with van der Waals surface area (Å²) in [4.78, 5) is 12.1. The van der Waals surface area contributed by atoms with Crippen molar-refractivity contribution in [2.75, 3.05) is 5.75 Å². The van der Waals surface area contributed by atoms with Crippen molar-refractivity contribution in [2.45, 2.75) is 18.2 Å². The number of hydrogen-bond donors (Lipinski definition) is 0. The average molecular weight is 395 g/mol. The van der Waals surface area contributed by atoms with Gasteiger partial charge in [-0.05, 0) is 19.4 Å². The molecule has 2 aromatic carbocycles. The van der Waals surface area contributed by atoms with Crippen molar-refractivity contribution < 1.29 is 0 Å². The van der Waals surface area contributed by atoms with E-state index in [2.05, 4.69) is 60.4 Å². The second-order valence-electron chi connectivity index (χ2n) is 6.39. The molecule has 0 amide bonds. The molecule has 1 aliphatic heterocycles. The maximum absolute atomic E-state index is 6.61. The Bertz CT molecular complexity index is 1130. The third-order valence-corrected chi connectivity index (χ3v) is 7.37. The quantitative estimate of drug-likeness (QED) is 0.338. The second kappa shape index (κ2) is 6.38. The zero-order chi connectivity index (χ0) is 17.7. The smallest absolute Gasteiger partial charge is 0.161 e. The molecule has 0 aliphatic carbocycles. The zero-order valence-electron chi connectivity index (χ0n) is 14.1. The van der Waals surface area contributed by atoms with Crippen molar-refractivity contribution >= 4 is 44.8 Å². The highest BCUT2D eigenvalue weighted by atomic mass is 35.5. The third kappa shape index (κ3) is 2.64. The van der Waals surface area contributed by atoms with Crippen molar-refractivity contribution in [1.29, 1.82) is 0 Å². The molecular formula is C21H15ClN2S2. The van der Waals surface area contributed by atoms with E-state index in [9.17, 15) is 0 Å². The fraction of sp³-hybridized carbons (Fsp3) is 0.143. The summed E-state index contributed by atoms with van der Waals surface area (Å²) < 4.78 is 1.30. The molecule has 0 saturated heterocycles. The van der Waals surface area contributed by atoms with E-state index in [1.165, 1.54) is 25.4 Å². The van der Waals surface area contributed by atoms with Gasteiger partial charge >= 0.3 is 0 Å². The highest BCUT2D eigenvalue weighted by molar-refractivity contribution is 7.99. The number of benzene rings is 2. The second-order valence-corrected chi connectivity index (χ2v) is 8.90. The Labute approximate surface area is 165 Å². The Morgan fingerprint density at radius 1 is 1.00 bits per heavy atom. The number of halogens is 1. The summed E-state index contributed by atoms with van der Waals surface area (Å²) in [5.74, 6) is 1.69. The fourth-order valence-corrected chi connectivity index (χ4v) is 6.09. The molecule has 0 N–H and O–H groups in total. The Hall–Kier alpha value is -1.88. The van der Waals surface area contributed by atoms with Crippen LogP contribution < -0.4 is 0 Å². The lowest BCUT2D eigenvalue weighted by Gasteiger charge is -2.10. The van der Waals surface area contributed by atoms with Gasteiger partial charge in [0, 0.05) is 31.9 Å². The minimum atomic E-state index is 0.580. The van der Waals surface area contributed by atoms with Gasteiger partial charge < -0.3 is 0 Å². The van der Waals surface area contributed by atoms with Crippen LogP contribution in [-0.2, 0) is 6.42 Å². The summed E-state index contributed by atoms with van der Waals surface area (Å²) in [6, 6.07) is 16.9. The summed E-state index contributed by atoms with van der Waals surface area (Å²) in [7, 11) is 0. The van der Waals surface area contributed by atoms with Crippen LogP contribution in [0.1, 0.15) is 11.1 Å². The van der Waals surface area contributed by atoms with Crippen molar-refractivity contribution in [3.8, 4) is 22.0 Å². The average Bonchev–Trinajstić information content (AvgIpc) is 2.92. The maximum Gasteiger partial charge on any atom is 0.161 e. The lowest BCUT2D eigenvalue weighted by Crippen LogP contribution is -2.00. The van der Waals surface area contributed by atoms with E-state index in [1.54, 1.807) is 11.3 Å². The van der Waals surface area contributed by atoms with Crippen LogP contribution in [-0.4, -0.2) is 15.7 Å². The van der Waals surface area contributed by atoms with Crippen molar-refractivity contribution in [3.05, 3.63) is 64.8 Å². The molecule has 4 aromatic rings. The lowest BCUT2D eigenvalue weighted by molar-refractivity contribution is 1.07. The summed E-state index contributed by atoms with van der Waals surface area (Å²) >= 11 is 10.3. The molecule has 2 aromatic heterocycles. The van der Waals surface area contributed by atoms with Crippen LogP contribution in [0.4, 0.5) is 0 Å². The summed E-state index contributed by atoms with van der Waals surface area (Å²) in [5, 5.41) is 1.90. The number of fused-ring (bicyclic) bond motifs is 5. The number of thioether (sulfide) groups is 1. The highest BCUT2D eigenvalue weighted by Gasteiger charge is 2.24. The van der Waals surface area contributed by atoms with Crippen LogP contribution in [0, 0.1) is 6.92 Å². The van der Waals surface area contributed by atoms with Crippen molar-refractivity contribution in [2.24, 2.45) is 0 Å². The molecule has 2 nitrogen and oxygen atoms in total. The van der Waals surface area contributed by atoms with Gasteiger partial charge in [0.1, 0.15) is 5.15 Å². The molecule has 26 heavy (non-hydrogen) atoms. The van der Waals surface area contributed by atoms with Gasteiger partial charge in [0.05, 0.1) is 10.6 Å². The number of aromatic nitrogens is 2. The van der Waals surface area contributed by atoms with E-state index in [1.807, 2.05) is 11.8 Å². The molecule has 0 saturated carbocycles. The van der Waals surface area contributed by atoms with E-state index in [0.29, 0.717) is 11.0 Å². The Balaban J connectivity index is 1.77. The predicted molar refractivity (Wildman–Crippen MR) is 112 cm³/mol. The predicted octanol–water partition coefficient (Wildman–Crippen LogP) is 6.64. The Morgan fingerprint density at radius 3 is 2.65 bits per heavy atom. The molecule has 0 unspecified atom stereocenters. The van der Waals surface area contributed by atoms with E-state index in [-0.39, 0.29) is 0 Å². The first-order chi connectivity index (χ1) is 12.7. The van der Waals surface area contributed by atoms with Gasteiger partial charge in [-0.2, -0.15) is 0 Å². The van der Waals surface area contributed by atoms with Crippen LogP contribution in [0.2, 0.25) is 5.15 Å². The van der Waals surface area contributed by atoms with Crippen LogP contribution in [0.3, 0.4) is 0 Å². The van der Waals surface area contributed by atoms with Crippen LogP contribution in [0.15, 0.2) is 53.4 Å². The van der Waals surface area contributed by atoms with E-state index < -0.39 is 0 Å². The maximum atomic E-state index is 6.61. The number of hydrogen-bond acceptors (Lipinski definition) is 4. The SMILES string of the molecule is Cc1ccc(-c2nc(Cl)c3c(n2)-c2sc4ccccc4c2SCC3)cc1.